The Morgan fingerprint density at radius 3 is 2.68 bits per heavy atom. The number of aromatic nitrogens is 2. The van der Waals surface area contributed by atoms with Crippen LogP contribution in [-0.4, -0.2) is 28.3 Å². The van der Waals surface area contributed by atoms with Gasteiger partial charge in [0.05, 0.1) is 17.8 Å². The van der Waals surface area contributed by atoms with E-state index in [1.807, 2.05) is 44.2 Å². The summed E-state index contributed by atoms with van der Waals surface area (Å²) in [6.45, 7) is 3.76. The van der Waals surface area contributed by atoms with Crippen LogP contribution >= 0.6 is 0 Å². The molecule has 2 aromatic heterocycles. The van der Waals surface area contributed by atoms with E-state index in [0.717, 1.165) is 28.2 Å². The Hall–Kier alpha value is -3.54. The molecule has 0 atom stereocenters. The molecule has 2 aliphatic rings. The summed E-state index contributed by atoms with van der Waals surface area (Å²) < 4.78 is 0. The number of nitrogens with zero attached hydrogens (tertiary/aromatic N) is 3. The Kier molecular flexibility index (Phi) is 4.77. The zero-order chi connectivity index (χ0) is 21.5. The van der Waals surface area contributed by atoms with E-state index in [1.165, 1.54) is 18.4 Å². The first kappa shape index (κ1) is 19.4. The van der Waals surface area contributed by atoms with Crippen LogP contribution in [0.25, 0.3) is 11.1 Å². The molecule has 1 fully saturated rings. The van der Waals surface area contributed by atoms with Crippen molar-refractivity contribution in [2.75, 3.05) is 16.8 Å². The van der Waals surface area contributed by atoms with Crippen molar-refractivity contribution in [2.45, 2.75) is 39.0 Å². The quantitative estimate of drug-likeness (QED) is 0.698. The van der Waals surface area contributed by atoms with Crippen molar-refractivity contribution in [3.05, 3.63) is 71.3 Å². The molecule has 2 amide bonds. The van der Waals surface area contributed by atoms with Crippen molar-refractivity contribution < 1.29 is 9.59 Å². The van der Waals surface area contributed by atoms with Crippen molar-refractivity contribution in [1.82, 2.24) is 9.97 Å². The third kappa shape index (κ3) is 3.81. The van der Waals surface area contributed by atoms with Gasteiger partial charge in [0.25, 0.3) is 0 Å². The molecule has 6 heteroatoms. The maximum Gasteiger partial charge on any atom is 0.244 e. The molecule has 1 saturated carbocycles. The molecule has 0 unspecified atom stereocenters. The van der Waals surface area contributed by atoms with Gasteiger partial charge >= 0.3 is 0 Å². The van der Waals surface area contributed by atoms with Gasteiger partial charge in [0.1, 0.15) is 6.54 Å². The van der Waals surface area contributed by atoms with Crippen molar-refractivity contribution in [1.29, 1.82) is 0 Å². The Balaban J connectivity index is 1.44. The fraction of sp³-hybridized carbons (Fsp3) is 0.280. The molecule has 0 radical (unpaired) electrons. The number of anilines is 2. The molecule has 1 aliphatic carbocycles. The molecule has 1 aromatic carbocycles. The fourth-order valence-corrected chi connectivity index (χ4v) is 4.31. The Bertz CT molecular complexity index is 1180. The molecule has 6 nitrogen and oxygen atoms in total. The summed E-state index contributed by atoms with van der Waals surface area (Å²) >= 11 is 0. The third-order valence-corrected chi connectivity index (χ3v) is 5.92. The molecule has 0 saturated heterocycles. The van der Waals surface area contributed by atoms with Crippen LogP contribution in [0.15, 0.2) is 48.7 Å². The van der Waals surface area contributed by atoms with Crippen molar-refractivity contribution in [2.24, 2.45) is 0 Å². The van der Waals surface area contributed by atoms with Gasteiger partial charge < -0.3 is 10.2 Å². The van der Waals surface area contributed by atoms with E-state index in [9.17, 15) is 9.59 Å². The Labute approximate surface area is 181 Å². The van der Waals surface area contributed by atoms with Gasteiger partial charge in [-0.2, -0.15) is 0 Å². The molecular weight excluding hydrogens is 388 g/mol. The molecule has 3 aromatic rings. The number of fused-ring (bicyclic) bond motifs is 3. The highest BCUT2D eigenvalue weighted by atomic mass is 16.2. The summed E-state index contributed by atoms with van der Waals surface area (Å²) in [5, 5.41) is 2.93. The number of nitrogens with one attached hydrogen (secondary N) is 1. The standard InChI is InChI=1S/C25H24N4O2/c1-15-12-22-25(16(2)27-15)20-4-3-11-26-21(20)13-24(31)29(22)14-23(30)28-19-9-7-18(8-10-19)17-5-6-17/h3-4,7-12,17H,5-6,13-14H2,1-2H3,(H,28,30). The van der Waals surface area contributed by atoms with Gasteiger partial charge in [-0.15, -0.1) is 0 Å². The highest BCUT2D eigenvalue weighted by Crippen LogP contribution is 2.40. The van der Waals surface area contributed by atoms with Crippen LogP contribution in [0, 0.1) is 13.8 Å². The first-order valence-electron chi connectivity index (χ1n) is 10.6. The number of hydrogen-bond acceptors (Lipinski definition) is 4. The molecule has 31 heavy (non-hydrogen) atoms. The number of carbonyl (C=O) groups excluding carboxylic acids is 2. The minimum absolute atomic E-state index is 0.0624. The minimum Gasteiger partial charge on any atom is -0.325 e. The van der Waals surface area contributed by atoms with Crippen molar-refractivity contribution in [3.63, 3.8) is 0 Å². The second-order valence-corrected chi connectivity index (χ2v) is 8.34. The fourth-order valence-electron chi connectivity index (χ4n) is 4.31. The lowest BCUT2D eigenvalue weighted by atomic mass is 10.00. The lowest BCUT2D eigenvalue weighted by molar-refractivity contribution is -0.121. The topological polar surface area (TPSA) is 75.2 Å². The summed E-state index contributed by atoms with van der Waals surface area (Å²) in [5.74, 6) is 0.291. The van der Waals surface area contributed by atoms with Crippen LogP contribution in [0.4, 0.5) is 11.4 Å². The summed E-state index contributed by atoms with van der Waals surface area (Å²) in [6.07, 6.45) is 4.32. The van der Waals surface area contributed by atoms with Crippen LogP contribution in [0.3, 0.4) is 0 Å². The number of carbonyl (C=O) groups is 2. The van der Waals surface area contributed by atoms with E-state index in [0.29, 0.717) is 17.3 Å². The van der Waals surface area contributed by atoms with Crippen LogP contribution in [-0.2, 0) is 16.0 Å². The summed E-state index contributed by atoms with van der Waals surface area (Å²) in [5.41, 5.74) is 6.86. The van der Waals surface area contributed by atoms with E-state index in [1.54, 1.807) is 11.1 Å². The average Bonchev–Trinajstić information content (AvgIpc) is 3.58. The predicted octanol–water partition coefficient (Wildman–Crippen LogP) is 4.17. The van der Waals surface area contributed by atoms with E-state index in [4.69, 9.17) is 0 Å². The SMILES string of the molecule is Cc1cc2c(c(C)n1)-c1cccnc1CC(=O)N2CC(=O)Nc1ccc(C2CC2)cc1. The van der Waals surface area contributed by atoms with Crippen LogP contribution < -0.4 is 10.2 Å². The van der Waals surface area contributed by atoms with Crippen LogP contribution in [0.5, 0.6) is 0 Å². The first-order chi connectivity index (χ1) is 15.0. The third-order valence-electron chi connectivity index (χ3n) is 5.92. The molecule has 156 valence electrons. The normalized spacial score (nSPS) is 15.2. The highest BCUT2D eigenvalue weighted by molar-refractivity contribution is 6.07. The molecule has 5 rings (SSSR count). The second-order valence-electron chi connectivity index (χ2n) is 8.34. The van der Waals surface area contributed by atoms with Gasteiger partial charge in [0.15, 0.2) is 0 Å². The van der Waals surface area contributed by atoms with Gasteiger partial charge in [-0.05, 0) is 62.4 Å². The van der Waals surface area contributed by atoms with Gasteiger partial charge in [0.2, 0.25) is 11.8 Å². The number of amides is 2. The first-order valence-corrected chi connectivity index (χ1v) is 10.6. The van der Waals surface area contributed by atoms with Gasteiger partial charge in [0, 0.05) is 34.4 Å². The molecule has 1 aliphatic heterocycles. The lowest BCUT2D eigenvalue weighted by Crippen LogP contribution is -2.38. The van der Waals surface area contributed by atoms with Crippen molar-refractivity contribution >= 4 is 23.2 Å². The number of hydrogen-bond donors (Lipinski definition) is 1. The van der Waals surface area contributed by atoms with Crippen LogP contribution in [0.1, 0.15) is 41.4 Å². The van der Waals surface area contributed by atoms with Crippen LogP contribution in [0.2, 0.25) is 0 Å². The molecule has 0 bridgehead atoms. The monoisotopic (exact) mass is 412 g/mol. The molecular formula is C25H24N4O2. The molecule has 1 N–H and O–H groups in total. The van der Waals surface area contributed by atoms with Gasteiger partial charge in [-0.25, -0.2) is 0 Å². The maximum absolute atomic E-state index is 13.2. The van der Waals surface area contributed by atoms with Gasteiger partial charge in [-0.3, -0.25) is 19.6 Å². The highest BCUT2D eigenvalue weighted by Gasteiger charge is 2.30. The number of benzene rings is 1. The lowest BCUT2D eigenvalue weighted by Gasteiger charge is -2.23. The van der Waals surface area contributed by atoms with Crippen molar-refractivity contribution in [3.8, 4) is 11.1 Å². The van der Waals surface area contributed by atoms with E-state index in [-0.39, 0.29) is 24.8 Å². The second kappa shape index (κ2) is 7.61. The maximum atomic E-state index is 13.2. The zero-order valence-corrected chi connectivity index (χ0v) is 17.7. The summed E-state index contributed by atoms with van der Waals surface area (Å²) in [7, 11) is 0. The van der Waals surface area contributed by atoms with E-state index < -0.39 is 0 Å². The number of pyridine rings is 2. The minimum atomic E-state index is -0.232. The molecule has 3 heterocycles. The molecule has 0 spiro atoms. The summed E-state index contributed by atoms with van der Waals surface area (Å²) in [4.78, 5) is 36.6. The zero-order valence-electron chi connectivity index (χ0n) is 17.7. The average molecular weight is 412 g/mol. The largest absolute Gasteiger partial charge is 0.325 e. The summed E-state index contributed by atoms with van der Waals surface area (Å²) in [6, 6.07) is 13.7. The van der Waals surface area contributed by atoms with Gasteiger partial charge in [-0.1, -0.05) is 18.2 Å². The smallest absolute Gasteiger partial charge is 0.244 e. The van der Waals surface area contributed by atoms with E-state index in [2.05, 4.69) is 27.4 Å². The Morgan fingerprint density at radius 1 is 1.16 bits per heavy atom. The predicted molar refractivity (Wildman–Crippen MR) is 120 cm³/mol. The Morgan fingerprint density at radius 2 is 1.94 bits per heavy atom. The number of aryl methyl sites for hydroxylation is 2. The number of rotatable bonds is 4. The van der Waals surface area contributed by atoms with E-state index >= 15 is 0 Å².